The SMILES string of the molecule is COc1cc(-c2ccc(-c3ncc(N(C)[C@H]4C[C@]5(C)CC[C@](C)(C4)N5)nn3)c(O)c2)cc(F)n1. The van der Waals surface area contributed by atoms with E-state index in [2.05, 4.69) is 44.2 Å². The Morgan fingerprint density at radius 2 is 1.82 bits per heavy atom. The van der Waals surface area contributed by atoms with Crippen molar-refractivity contribution in [2.45, 2.75) is 56.7 Å². The average molecular weight is 465 g/mol. The van der Waals surface area contributed by atoms with Gasteiger partial charge >= 0.3 is 0 Å². The summed E-state index contributed by atoms with van der Waals surface area (Å²) in [6.07, 6.45) is 6.17. The molecule has 0 spiro atoms. The molecule has 8 nitrogen and oxygen atoms in total. The number of aromatic hydroxyl groups is 1. The molecule has 2 aromatic heterocycles. The summed E-state index contributed by atoms with van der Waals surface area (Å²) in [5, 5.41) is 23.1. The van der Waals surface area contributed by atoms with Crippen LogP contribution in [0.25, 0.3) is 22.5 Å². The molecular weight excluding hydrogens is 435 g/mol. The van der Waals surface area contributed by atoms with Crippen LogP contribution < -0.4 is 15.0 Å². The number of ether oxygens (including phenoxy) is 1. The molecule has 2 fully saturated rings. The van der Waals surface area contributed by atoms with Gasteiger partial charge in [0.15, 0.2) is 11.6 Å². The zero-order valence-electron chi connectivity index (χ0n) is 19.8. The van der Waals surface area contributed by atoms with Gasteiger partial charge in [0.05, 0.1) is 18.9 Å². The van der Waals surface area contributed by atoms with Crippen LogP contribution in [0, 0.1) is 5.95 Å². The van der Waals surface area contributed by atoms with Gasteiger partial charge in [0.1, 0.15) is 5.75 Å². The Morgan fingerprint density at radius 3 is 2.44 bits per heavy atom. The van der Waals surface area contributed by atoms with Crippen LogP contribution in [0.1, 0.15) is 39.5 Å². The zero-order chi connectivity index (χ0) is 24.1. The quantitative estimate of drug-likeness (QED) is 0.548. The Balaban J connectivity index is 1.36. The van der Waals surface area contributed by atoms with Gasteiger partial charge in [-0.05, 0) is 62.8 Å². The highest BCUT2D eigenvalue weighted by atomic mass is 19.1. The molecule has 5 rings (SSSR count). The van der Waals surface area contributed by atoms with Crippen LogP contribution in [-0.2, 0) is 0 Å². The summed E-state index contributed by atoms with van der Waals surface area (Å²) in [6, 6.07) is 8.24. The van der Waals surface area contributed by atoms with Crippen molar-refractivity contribution in [1.29, 1.82) is 0 Å². The van der Waals surface area contributed by atoms with Crippen molar-refractivity contribution in [3.8, 4) is 34.1 Å². The smallest absolute Gasteiger partial charge is 0.216 e. The van der Waals surface area contributed by atoms with Crippen LogP contribution in [0.5, 0.6) is 11.6 Å². The minimum absolute atomic E-state index is 0.0210. The number of halogens is 1. The molecule has 0 radical (unpaired) electrons. The molecule has 0 unspecified atom stereocenters. The summed E-state index contributed by atoms with van der Waals surface area (Å²) in [7, 11) is 3.47. The number of hydrogen-bond donors (Lipinski definition) is 2. The van der Waals surface area contributed by atoms with Crippen molar-refractivity contribution in [3.63, 3.8) is 0 Å². The topological polar surface area (TPSA) is 96.3 Å². The molecule has 2 bridgehead atoms. The lowest BCUT2D eigenvalue weighted by molar-refractivity contribution is 0.207. The Kier molecular flexibility index (Phi) is 5.39. The van der Waals surface area contributed by atoms with Crippen LogP contribution in [0.4, 0.5) is 10.2 Å². The van der Waals surface area contributed by atoms with Crippen LogP contribution >= 0.6 is 0 Å². The summed E-state index contributed by atoms with van der Waals surface area (Å²) in [5.74, 6) is 0.513. The van der Waals surface area contributed by atoms with Crippen molar-refractivity contribution in [2.75, 3.05) is 19.1 Å². The maximum absolute atomic E-state index is 13.8. The normalized spacial score (nSPS) is 25.9. The first kappa shape index (κ1) is 22.5. The molecule has 3 aromatic rings. The van der Waals surface area contributed by atoms with E-state index in [1.807, 2.05) is 7.05 Å². The number of phenols is 1. The fraction of sp³-hybridized carbons (Fsp3) is 0.440. The van der Waals surface area contributed by atoms with E-state index >= 15 is 0 Å². The Morgan fingerprint density at radius 1 is 1.09 bits per heavy atom. The van der Waals surface area contributed by atoms with Gasteiger partial charge in [-0.3, -0.25) is 0 Å². The van der Waals surface area contributed by atoms with Crippen LogP contribution in [0.3, 0.4) is 0 Å². The minimum atomic E-state index is -0.658. The summed E-state index contributed by atoms with van der Waals surface area (Å²) >= 11 is 0. The lowest BCUT2D eigenvalue weighted by Gasteiger charge is -2.45. The largest absolute Gasteiger partial charge is 0.507 e. The molecule has 9 heteroatoms. The van der Waals surface area contributed by atoms with Gasteiger partial charge in [0, 0.05) is 36.3 Å². The summed E-state index contributed by atoms with van der Waals surface area (Å²) in [6.45, 7) is 4.60. The number of phenolic OH excluding ortho intramolecular Hbond substituents is 1. The van der Waals surface area contributed by atoms with Gasteiger partial charge < -0.3 is 20.1 Å². The van der Waals surface area contributed by atoms with Crippen molar-refractivity contribution >= 4 is 5.82 Å². The van der Waals surface area contributed by atoms with Gasteiger partial charge in [-0.1, -0.05) is 6.07 Å². The molecule has 34 heavy (non-hydrogen) atoms. The maximum Gasteiger partial charge on any atom is 0.216 e. The average Bonchev–Trinajstić information content (AvgIpc) is 3.04. The van der Waals surface area contributed by atoms with Gasteiger partial charge in [0.2, 0.25) is 11.8 Å². The number of anilines is 1. The molecule has 0 saturated carbocycles. The van der Waals surface area contributed by atoms with E-state index in [0.717, 1.165) is 12.8 Å². The number of benzene rings is 1. The van der Waals surface area contributed by atoms with E-state index in [-0.39, 0.29) is 22.7 Å². The van der Waals surface area contributed by atoms with Crippen LogP contribution in [-0.4, -0.2) is 56.5 Å². The second-order valence-electron chi connectivity index (χ2n) is 10.0. The third kappa shape index (κ3) is 4.16. The minimum Gasteiger partial charge on any atom is -0.507 e. The third-order valence-electron chi connectivity index (χ3n) is 7.21. The van der Waals surface area contributed by atoms with E-state index in [4.69, 9.17) is 4.74 Å². The molecule has 0 amide bonds. The van der Waals surface area contributed by atoms with Crippen molar-refractivity contribution in [3.05, 3.63) is 42.5 Å². The number of pyridine rings is 1. The second kappa shape index (κ2) is 8.16. The van der Waals surface area contributed by atoms with E-state index in [1.165, 1.54) is 26.0 Å². The first-order valence-electron chi connectivity index (χ1n) is 11.4. The number of fused-ring (bicyclic) bond motifs is 2. The number of rotatable bonds is 5. The van der Waals surface area contributed by atoms with E-state index in [0.29, 0.717) is 34.4 Å². The zero-order valence-corrected chi connectivity index (χ0v) is 19.8. The predicted octanol–water partition coefficient (Wildman–Crippen LogP) is 3.95. The van der Waals surface area contributed by atoms with Gasteiger partial charge in [0.25, 0.3) is 0 Å². The summed E-state index contributed by atoms with van der Waals surface area (Å²) in [5.41, 5.74) is 1.92. The number of aromatic nitrogens is 4. The van der Waals surface area contributed by atoms with Crippen LogP contribution in [0.15, 0.2) is 36.5 Å². The van der Waals surface area contributed by atoms with Gasteiger partial charge in [-0.25, -0.2) is 4.98 Å². The summed E-state index contributed by atoms with van der Waals surface area (Å²) < 4.78 is 18.8. The fourth-order valence-corrected chi connectivity index (χ4v) is 5.48. The first-order valence-corrected chi connectivity index (χ1v) is 11.4. The first-order chi connectivity index (χ1) is 16.2. The second-order valence-corrected chi connectivity index (χ2v) is 10.0. The van der Waals surface area contributed by atoms with Crippen molar-refractivity contribution < 1.29 is 14.2 Å². The number of piperidine rings is 1. The lowest BCUT2D eigenvalue weighted by atomic mass is 9.84. The van der Waals surface area contributed by atoms with Crippen LogP contribution in [0.2, 0.25) is 0 Å². The van der Waals surface area contributed by atoms with E-state index < -0.39 is 5.95 Å². The maximum atomic E-state index is 13.8. The Hall–Kier alpha value is -3.33. The summed E-state index contributed by atoms with van der Waals surface area (Å²) in [4.78, 5) is 10.3. The highest BCUT2D eigenvalue weighted by molar-refractivity contribution is 5.73. The number of methoxy groups -OCH3 is 1. The fourth-order valence-electron chi connectivity index (χ4n) is 5.48. The van der Waals surface area contributed by atoms with Gasteiger partial charge in [-0.2, -0.15) is 9.37 Å². The molecule has 3 atom stereocenters. The standard InChI is InChI=1S/C25H29FN6O2/c1-24-7-8-25(2,31-24)13-17(12-24)32(3)21-14-27-23(30-29-21)18-6-5-15(9-19(18)33)16-10-20(26)28-22(11-16)34-4/h5-6,9-11,14,17,31,33H,7-8,12-13H2,1-4H3/t17-,24-,25+. The molecule has 2 saturated heterocycles. The third-order valence-corrected chi connectivity index (χ3v) is 7.21. The highest BCUT2D eigenvalue weighted by Gasteiger charge is 2.49. The molecule has 178 valence electrons. The molecular formula is C25H29FN6O2. The van der Waals surface area contributed by atoms with Crippen molar-refractivity contribution in [2.24, 2.45) is 0 Å². The number of hydrogen-bond acceptors (Lipinski definition) is 8. The van der Waals surface area contributed by atoms with Crippen molar-refractivity contribution in [1.82, 2.24) is 25.5 Å². The molecule has 2 aliphatic heterocycles. The molecule has 2 N–H and O–H groups in total. The molecule has 4 heterocycles. The molecule has 0 aliphatic carbocycles. The predicted molar refractivity (Wildman–Crippen MR) is 127 cm³/mol. The highest BCUT2D eigenvalue weighted by Crippen LogP contribution is 2.43. The molecule has 1 aromatic carbocycles. The monoisotopic (exact) mass is 464 g/mol. The Bertz CT molecular complexity index is 1200. The number of nitrogens with one attached hydrogen (secondary N) is 1. The Labute approximate surface area is 198 Å². The van der Waals surface area contributed by atoms with E-state index in [1.54, 1.807) is 30.5 Å². The van der Waals surface area contributed by atoms with E-state index in [9.17, 15) is 9.50 Å². The number of nitrogens with zero attached hydrogens (tertiary/aromatic N) is 5. The van der Waals surface area contributed by atoms with Gasteiger partial charge in [-0.15, -0.1) is 10.2 Å². The molecule has 2 aliphatic rings. The lowest BCUT2D eigenvalue weighted by Crippen LogP contribution is -2.58.